The molecule has 3 nitrogen and oxygen atoms in total. The van der Waals surface area contributed by atoms with Gasteiger partial charge in [0.25, 0.3) is 0 Å². The molecule has 0 aliphatic heterocycles. The summed E-state index contributed by atoms with van der Waals surface area (Å²) < 4.78 is 10.4. The van der Waals surface area contributed by atoms with Crippen LogP contribution in [0.3, 0.4) is 0 Å². The van der Waals surface area contributed by atoms with Crippen LogP contribution in [0.5, 0.6) is 11.5 Å². The molecule has 0 aliphatic carbocycles. The van der Waals surface area contributed by atoms with E-state index < -0.39 is 0 Å². The average Bonchev–Trinajstić information content (AvgIpc) is 2.27. The van der Waals surface area contributed by atoms with Crippen molar-refractivity contribution >= 4 is 41.1 Å². The van der Waals surface area contributed by atoms with Gasteiger partial charge in [-0.2, -0.15) is 0 Å². The molecule has 1 aromatic carbocycles. The van der Waals surface area contributed by atoms with Gasteiger partial charge in [0.2, 0.25) is 0 Å². The van der Waals surface area contributed by atoms with Gasteiger partial charge in [0, 0.05) is 6.07 Å². The van der Waals surface area contributed by atoms with Gasteiger partial charge in [-0.25, -0.2) is 0 Å². The molecular formula is C11H9Cl3O3. The number of methoxy groups -OCH3 is 1. The molecule has 92 valence electrons. The van der Waals surface area contributed by atoms with E-state index in [9.17, 15) is 4.79 Å². The first-order valence-corrected chi connectivity index (χ1v) is 5.68. The van der Waals surface area contributed by atoms with Crippen LogP contribution < -0.4 is 9.47 Å². The Morgan fingerprint density at radius 3 is 2.65 bits per heavy atom. The Balaban J connectivity index is 2.92. The molecule has 1 aromatic rings. The van der Waals surface area contributed by atoms with E-state index in [2.05, 4.69) is 0 Å². The topological polar surface area (TPSA) is 35.5 Å². The fraction of sp³-hybridized carbons (Fsp3) is 0.182. The molecule has 0 N–H and O–H groups in total. The van der Waals surface area contributed by atoms with E-state index in [1.165, 1.54) is 19.3 Å². The molecular weight excluding hydrogens is 286 g/mol. The predicted molar refractivity (Wildman–Crippen MR) is 68.7 cm³/mol. The van der Waals surface area contributed by atoms with Crippen LogP contribution in [0.4, 0.5) is 0 Å². The zero-order chi connectivity index (χ0) is 12.8. The largest absolute Gasteiger partial charge is 0.494 e. The van der Waals surface area contributed by atoms with Crippen molar-refractivity contribution < 1.29 is 14.3 Å². The first-order valence-electron chi connectivity index (χ1n) is 4.55. The molecule has 0 radical (unpaired) electrons. The van der Waals surface area contributed by atoms with Crippen molar-refractivity contribution in [1.82, 2.24) is 0 Å². The van der Waals surface area contributed by atoms with Crippen molar-refractivity contribution in [2.24, 2.45) is 0 Å². The third kappa shape index (κ3) is 4.11. The lowest BCUT2D eigenvalue weighted by atomic mass is 10.2. The number of aldehydes is 1. The van der Waals surface area contributed by atoms with Crippen molar-refractivity contribution in [3.8, 4) is 11.5 Å². The number of halogens is 3. The molecule has 0 saturated heterocycles. The van der Waals surface area contributed by atoms with Crippen LogP contribution in [0.1, 0.15) is 10.4 Å². The van der Waals surface area contributed by atoms with E-state index in [4.69, 9.17) is 44.3 Å². The van der Waals surface area contributed by atoms with E-state index in [-0.39, 0.29) is 11.1 Å². The lowest BCUT2D eigenvalue weighted by molar-refractivity contribution is 0.112. The fourth-order valence-corrected chi connectivity index (χ4v) is 1.60. The van der Waals surface area contributed by atoms with Gasteiger partial charge in [-0.1, -0.05) is 34.8 Å². The Morgan fingerprint density at radius 1 is 1.41 bits per heavy atom. The lowest BCUT2D eigenvalue weighted by Gasteiger charge is -2.09. The molecule has 0 aliphatic rings. The summed E-state index contributed by atoms with van der Waals surface area (Å²) in [6.07, 6.45) is 2.11. The fourth-order valence-electron chi connectivity index (χ4n) is 1.18. The maximum atomic E-state index is 10.8. The number of hydrogen-bond acceptors (Lipinski definition) is 3. The summed E-state index contributed by atoms with van der Waals surface area (Å²) in [5, 5.41) is 0.299. The zero-order valence-electron chi connectivity index (χ0n) is 8.88. The molecule has 0 atom stereocenters. The summed E-state index contributed by atoms with van der Waals surface area (Å²) in [5.74, 6) is 0.753. The summed E-state index contributed by atoms with van der Waals surface area (Å²) in [4.78, 5) is 10.8. The highest BCUT2D eigenvalue weighted by Gasteiger charge is 2.10. The second-order valence-electron chi connectivity index (χ2n) is 2.95. The number of benzene rings is 1. The van der Waals surface area contributed by atoms with Gasteiger partial charge in [-0.05, 0) is 12.1 Å². The van der Waals surface area contributed by atoms with Crippen molar-refractivity contribution in [3.05, 3.63) is 33.3 Å². The van der Waals surface area contributed by atoms with E-state index in [1.807, 2.05) is 0 Å². The van der Waals surface area contributed by atoms with Gasteiger partial charge in [0.05, 0.1) is 17.7 Å². The van der Waals surface area contributed by atoms with E-state index in [1.54, 1.807) is 6.07 Å². The SMILES string of the molecule is COc1c(Cl)cc(OCC=C(Cl)Cl)cc1C=O. The molecule has 0 saturated carbocycles. The highest BCUT2D eigenvalue weighted by Crippen LogP contribution is 2.32. The van der Waals surface area contributed by atoms with Crippen LogP contribution in [0.25, 0.3) is 0 Å². The van der Waals surface area contributed by atoms with Gasteiger partial charge in [-0.15, -0.1) is 0 Å². The van der Waals surface area contributed by atoms with E-state index in [0.717, 1.165) is 0 Å². The quantitative estimate of drug-likeness (QED) is 0.774. The van der Waals surface area contributed by atoms with Crippen LogP contribution >= 0.6 is 34.8 Å². The predicted octanol–water partition coefficient (Wildman–Crippen LogP) is 3.86. The summed E-state index contributed by atoms with van der Waals surface area (Å²) in [5.41, 5.74) is 0.316. The van der Waals surface area contributed by atoms with E-state index >= 15 is 0 Å². The number of hydrogen-bond donors (Lipinski definition) is 0. The minimum absolute atomic E-state index is 0.111. The molecule has 0 bridgehead atoms. The summed E-state index contributed by atoms with van der Waals surface area (Å²) in [7, 11) is 1.44. The van der Waals surface area contributed by atoms with Gasteiger partial charge in [-0.3, -0.25) is 4.79 Å². The van der Waals surface area contributed by atoms with Gasteiger partial charge < -0.3 is 9.47 Å². The van der Waals surface area contributed by atoms with Crippen molar-refractivity contribution in [3.63, 3.8) is 0 Å². The van der Waals surface area contributed by atoms with Crippen LogP contribution in [-0.2, 0) is 0 Å². The number of carbonyl (C=O) groups excluding carboxylic acids is 1. The lowest BCUT2D eigenvalue weighted by Crippen LogP contribution is -1.97. The molecule has 0 heterocycles. The van der Waals surface area contributed by atoms with Crippen LogP contribution in [0, 0.1) is 0 Å². The Kier molecular flexibility index (Phi) is 5.62. The third-order valence-electron chi connectivity index (χ3n) is 1.86. The van der Waals surface area contributed by atoms with Gasteiger partial charge in [0.1, 0.15) is 22.6 Å². The molecule has 0 spiro atoms. The third-order valence-corrected chi connectivity index (χ3v) is 2.45. The molecule has 0 amide bonds. The van der Waals surface area contributed by atoms with Gasteiger partial charge in [0.15, 0.2) is 6.29 Å². The number of ether oxygens (including phenoxy) is 2. The first-order chi connectivity index (χ1) is 8.08. The highest BCUT2D eigenvalue weighted by molar-refractivity contribution is 6.55. The maximum Gasteiger partial charge on any atom is 0.153 e. The standard InChI is InChI=1S/C11H9Cl3O3/c1-16-11-7(6-15)4-8(5-9(11)12)17-3-2-10(13)14/h2,4-6H,3H2,1H3. The summed E-state index contributed by atoms with van der Waals surface area (Å²) >= 11 is 16.8. The number of rotatable bonds is 5. The first kappa shape index (κ1) is 14.2. The summed E-state index contributed by atoms with van der Waals surface area (Å²) in [6.45, 7) is 0.184. The second kappa shape index (κ2) is 6.74. The van der Waals surface area contributed by atoms with E-state index in [0.29, 0.717) is 28.4 Å². The molecule has 0 aromatic heterocycles. The maximum absolute atomic E-state index is 10.8. The Bertz CT molecular complexity index is 440. The van der Waals surface area contributed by atoms with Crippen LogP contribution in [-0.4, -0.2) is 20.0 Å². The highest BCUT2D eigenvalue weighted by atomic mass is 35.5. The van der Waals surface area contributed by atoms with Crippen molar-refractivity contribution in [2.75, 3.05) is 13.7 Å². The molecule has 17 heavy (non-hydrogen) atoms. The minimum atomic E-state index is 0.111. The monoisotopic (exact) mass is 294 g/mol. The molecule has 6 heteroatoms. The van der Waals surface area contributed by atoms with Crippen molar-refractivity contribution in [1.29, 1.82) is 0 Å². The average molecular weight is 296 g/mol. The van der Waals surface area contributed by atoms with Gasteiger partial charge >= 0.3 is 0 Å². The Labute approximate surface area is 114 Å². The normalized spacial score (nSPS) is 9.65. The minimum Gasteiger partial charge on any atom is -0.494 e. The van der Waals surface area contributed by atoms with Crippen LogP contribution in [0.15, 0.2) is 22.7 Å². The molecule has 0 fully saturated rings. The summed E-state index contributed by atoms with van der Waals surface area (Å²) in [6, 6.07) is 3.07. The molecule has 1 rings (SSSR count). The zero-order valence-corrected chi connectivity index (χ0v) is 11.1. The Hall–Kier alpha value is -0.900. The van der Waals surface area contributed by atoms with Crippen molar-refractivity contribution in [2.45, 2.75) is 0 Å². The smallest absolute Gasteiger partial charge is 0.153 e. The molecule has 0 unspecified atom stereocenters. The van der Waals surface area contributed by atoms with Crippen LogP contribution in [0.2, 0.25) is 5.02 Å². The second-order valence-corrected chi connectivity index (χ2v) is 4.37. The Morgan fingerprint density at radius 2 is 2.12 bits per heavy atom. The number of carbonyl (C=O) groups is 1.